The van der Waals surface area contributed by atoms with E-state index < -0.39 is 0 Å². The van der Waals surface area contributed by atoms with Crippen LogP contribution < -0.4 is 0 Å². The lowest BCUT2D eigenvalue weighted by molar-refractivity contribution is 0.549. The highest BCUT2D eigenvalue weighted by Crippen LogP contribution is 2.33. The minimum Gasteiger partial charge on any atom is -0.445 e. The molecule has 0 saturated carbocycles. The van der Waals surface area contributed by atoms with E-state index in [0.717, 1.165) is 4.47 Å². The van der Waals surface area contributed by atoms with Crippen LogP contribution >= 0.6 is 77.7 Å². The van der Waals surface area contributed by atoms with E-state index in [-0.39, 0.29) is 0 Å². The molecule has 0 aliphatic carbocycles. The lowest BCUT2D eigenvalue weighted by atomic mass is 10.4. The zero-order valence-electron chi connectivity index (χ0n) is 7.27. The zero-order valence-corrected chi connectivity index (χ0v) is 14.1. The monoisotopic (exact) mass is 496 g/mol. The summed E-state index contributed by atoms with van der Waals surface area (Å²) in [5.41, 5.74) is 0. The van der Waals surface area contributed by atoms with Gasteiger partial charge in [-0.1, -0.05) is 23.2 Å². The largest absolute Gasteiger partial charge is 0.445 e. The van der Waals surface area contributed by atoms with E-state index in [2.05, 4.69) is 41.8 Å². The molecule has 2 aromatic heterocycles. The molecule has 0 aliphatic rings. The van der Waals surface area contributed by atoms with Crippen LogP contribution in [0, 0.1) is 3.57 Å². The van der Waals surface area contributed by atoms with Crippen molar-refractivity contribution in [3.8, 4) is 11.6 Å². The molecule has 0 radical (unpaired) electrons. The Morgan fingerprint density at radius 2 is 1.75 bits per heavy atom. The van der Waals surface area contributed by atoms with Crippen LogP contribution in [0.4, 0.5) is 0 Å². The third-order valence-electron chi connectivity index (χ3n) is 1.64. The van der Waals surface area contributed by atoms with E-state index in [1.54, 1.807) is 6.07 Å². The van der Waals surface area contributed by atoms with Gasteiger partial charge in [0.1, 0.15) is 10.3 Å². The maximum Gasteiger partial charge on any atom is 0.198 e. The normalized spacial score (nSPS) is 10.8. The van der Waals surface area contributed by atoms with E-state index in [0.29, 0.717) is 30.1 Å². The summed E-state index contributed by atoms with van der Waals surface area (Å²) in [5.74, 6) is 0.834. The van der Waals surface area contributed by atoms with Gasteiger partial charge in [0.05, 0.1) is 8.04 Å². The number of halogens is 5. The summed E-state index contributed by atoms with van der Waals surface area (Å²) in [4.78, 5) is 8.17. The molecule has 0 amide bonds. The second-order valence-corrected chi connectivity index (χ2v) is 6.04. The Balaban J connectivity index is 2.56. The minimum atomic E-state index is 0.305. The highest BCUT2D eigenvalue weighted by Gasteiger charge is 2.15. The van der Waals surface area contributed by atoms with Crippen LogP contribution in [-0.2, 0) is 0 Å². The first-order valence-electron chi connectivity index (χ1n) is 3.82. The minimum absolute atomic E-state index is 0.305. The van der Waals surface area contributed by atoms with Crippen molar-refractivity contribution in [3.63, 3.8) is 0 Å². The number of rotatable bonds is 1. The Labute approximate surface area is 131 Å². The van der Waals surface area contributed by atoms with Crippen LogP contribution in [0.5, 0.6) is 0 Å². The van der Waals surface area contributed by atoms with Crippen molar-refractivity contribution < 1.29 is 4.42 Å². The molecule has 0 saturated heterocycles. The van der Waals surface area contributed by atoms with Crippen molar-refractivity contribution in [3.05, 3.63) is 29.1 Å². The molecule has 0 aliphatic heterocycles. The quantitative estimate of drug-likeness (QED) is 0.402. The summed E-state index contributed by atoms with van der Waals surface area (Å²) in [6.45, 7) is 0. The third kappa shape index (κ3) is 2.55. The van der Waals surface area contributed by atoms with Crippen molar-refractivity contribution in [1.29, 1.82) is 0 Å². The lowest BCUT2D eigenvalue weighted by Crippen LogP contribution is -1.92. The second kappa shape index (κ2) is 5.09. The van der Waals surface area contributed by atoms with Crippen molar-refractivity contribution in [2.45, 2.75) is 0 Å². The predicted molar refractivity (Wildman–Crippen MR) is 77.9 cm³/mol. The van der Waals surface area contributed by atoms with Crippen LogP contribution in [-0.4, -0.2) is 9.97 Å². The van der Waals surface area contributed by atoms with E-state index in [9.17, 15) is 0 Å². The van der Waals surface area contributed by atoms with Gasteiger partial charge in [0.25, 0.3) is 0 Å². The van der Waals surface area contributed by atoms with Crippen LogP contribution in [0.25, 0.3) is 11.6 Å². The Morgan fingerprint density at radius 1 is 1.19 bits per heavy atom. The zero-order chi connectivity index (χ0) is 11.9. The fourth-order valence-corrected chi connectivity index (χ4v) is 2.17. The Bertz CT molecular complexity index is 518. The summed E-state index contributed by atoms with van der Waals surface area (Å²) >= 11 is 20.3. The van der Waals surface area contributed by atoms with Crippen molar-refractivity contribution in [1.82, 2.24) is 9.97 Å². The Morgan fingerprint density at radius 3 is 2.19 bits per heavy atom. The molecule has 2 rings (SSSR count). The summed E-state index contributed by atoms with van der Waals surface area (Å²) in [5, 5.41) is 0.610. The maximum absolute atomic E-state index is 5.91. The molecule has 84 valence electrons. The van der Waals surface area contributed by atoms with Gasteiger partial charge in [-0.05, 0) is 54.5 Å². The molecule has 0 N–H and O–H groups in total. The van der Waals surface area contributed by atoms with E-state index in [4.69, 9.17) is 27.6 Å². The lowest BCUT2D eigenvalue weighted by Gasteiger charge is -2.00. The van der Waals surface area contributed by atoms with Crippen molar-refractivity contribution >= 4 is 77.7 Å². The van der Waals surface area contributed by atoms with Crippen molar-refractivity contribution in [2.24, 2.45) is 0 Å². The van der Waals surface area contributed by atoms with Gasteiger partial charge in [-0.3, -0.25) is 0 Å². The molecular formula is C8HBr2Cl2IN2O. The SMILES string of the molecule is Clc1nc(-c2cc(Br)c(Br)o2)nc(Cl)c1I. The van der Waals surface area contributed by atoms with Crippen LogP contribution in [0.3, 0.4) is 0 Å². The first-order chi connectivity index (χ1) is 7.49. The van der Waals surface area contributed by atoms with Gasteiger partial charge in [-0.25, -0.2) is 9.97 Å². The summed E-state index contributed by atoms with van der Waals surface area (Å²) in [7, 11) is 0. The first-order valence-corrected chi connectivity index (χ1v) is 7.25. The standard InChI is InChI=1S/C8HBr2Cl2IN2O/c9-2-1-3(16-5(2)10)8-14-6(11)4(13)7(12)15-8/h1H. The molecule has 8 heteroatoms. The van der Waals surface area contributed by atoms with E-state index >= 15 is 0 Å². The molecule has 0 spiro atoms. The van der Waals surface area contributed by atoms with Gasteiger partial charge in [0.15, 0.2) is 16.3 Å². The predicted octanol–water partition coefficient (Wildman–Crippen LogP) is 5.17. The average Bonchev–Trinajstić information content (AvgIpc) is 2.55. The fraction of sp³-hybridized carbons (Fsp3) is 0. The van der Waals surface area contributed by atoms with Gasteiger partial charge in [0, 0.05) is 6.07 Å². The molecule has 2 heterocycles. The smallest absolute Gasteiger partial charge is 0.198 e. The summed E-state index contributed by atoms with van der Waals surface area (Å²) in [6.07, 6.45) is 0. The highest BCUT2D eigenvalue weighted by molar-refractivity contribution is 14.1. The average molecular weight is 499 g/mol. The molecule has 0 atom stereocenters. The van der Waals surface area contributed by atoms with Crippen LogP contribution in [0.15, 0.2) is 19.6 Å². The summed E-state index contributed by atoms with van der Waals surface area (Å²) in [6, 6.07) is 1.74. The summed E-state index contributed by atoms with van der Waals surface area (Å²) < 4.78 is 7.34. The van der Waals surface area contributed by atoms with Gasteiger partial charge < -0.3 is 4.42 Å². The molecular weight excluding hydrogens is 498 g/mol. The van der Waals surface area contributed by atoms with E-state index in [1.165, 1.54) is 0 Å². The number of nitrogens with zero attached hydrogens (tertiary/aromatic N) is 2. The number of hydrogen-bond donors (Lipinski definition) is 0. The first kappa shape index (κ1) is 13.1. The second-order valence-electron chi connectivity index (χ2n) is 2.68. The van der Waals surface area contributed by atoms with Crippen LogP contribution in [0.2, 0.25) is 10.3 Å². The molecule has 0 unspecified atom stereocenters. The maximum atomic E-state index is 5.91. The number of hydrogen-bond acceptors (Lipinski definition) is 3. The Hall–Kier alpha value is 0.630. The van der Waals surface area contributed by atoms with Gasteiger partial charge >= 0.3 is 0 Å². The van der Waals surface area contributed by atoms with Crippen molar-refractivity contribution in [2.75, 3.05) is 0 Å². The molecule has 0 aromatic carbocycles. The molecule has 2 aromatic rings. The topological polar surface area (TPSA) is 38.9 Å². The highest BCUT2D eigenvalue weighted by atomic mass is 127. The Kier molecular flexibility index (Phi) is 4.16. The van der Waals surface area contributed by atoms with Gasteiger partial charge in [-0.2, -0.15) is 0 Å². The third-order valence-corrected chi connectivity index (χ3v) is 5.55. The fourth-order valence-electron chi connectivity index (χ4n) is 0.961. The van der Waals surface area contributed by atoms with Gasteiger partial charge in [0.2, 0.25) is 0 Å². The molecule has 0 bridgehead atoms. The molecule has 0 fully saturated rings. The molecule has 3 nitrogen and oxygen atoms in total. The number of aromatic nitrogens is 2. The molecule has 16 heavy (non-hydrogen) atoms. The number of furan rings is 1. The van der Waals surface area contributed by atoms with Gasteiger partial charge in [-0.15, -0.1) is 0 Å². The van der Waals surface area contributed by atoms with E-state index in [1.807, 2.05) is 22.6 Å². The van der Waals surface area contributed by atoms with Crippen LogP contribution in [0.1, 0.15) is 0 Å².